The van der Waals surface area contributed by atoms with Crippen molar-refractivity contribution in [1.82, 2.24) is 9.13 Å². The Morgan fingerprint density at radius 2 is 1.23 bits per heavy atom. The Labute approximate surface area is 257 Å². The number of rotatable bonds is 6. The van der Waals surface area contributed by atoms with E-state index in [2.05, 4.69) is 156 Å². The van der Waals surface area contributed by atoms with Crippen LogP contribution in [0.2, 0.25) is 0 Å². The Morgan fingerprint density at radius 1 is 0.523 bits per heavy atom. The predicted octanol–water partition coefficient (Wildman–Crippen LogP) is 11.4. The van der Waals surface area contributed by atoms with Gasteiger partial charge in [0.05, 0.1) is 22.2 Å². The third-order valence-corrected chi connectivity index (χ3v) is 8.89. The molecule has 0 amide bonds. The summed E-state index contributed by atoms with van der Waals surface area (Å²) < 4.78 is 4.67. The van der Waals surface area contributed by atoms with E-state index in [0.717, 1.165) is 35.3 Å². The SMILES string of the molecule is C=Cc1c(C=C)n(-c2cccc(C3=CCCC=C3)c2)c2ccc(-c3ccc4c(c3)c3ccccc3n4-c3ccccc3)cc12. The van der Waals surface area contributed by atoms with Gasteiger partial charge in [0.25, 0.3) is 0 Å². The predicted molar refractivity (Wildman–Crippen MR) is 190 cm³/mol. The third-order valence-electron chi connectivity index (χ3n) is 8.89. The van der Waals surface area contributed by atoms with Crippen molar-refractivity contribution in [2.24, 2.45) is 0 Å². The fourth-order valence-corrected chi connectivity index (χ4v) is 6.87. The summed E-state index contributed by atoms with van der Waals surface area (Å²) in [5.41, 5.74) is 12.9. The van der Waals surface area contributed by atoms with Crippen LogP contribution in [0.15, 0.2) is 147 Å². The zero-order chi connectivity index (χ0) is 29.6. The van der Waals surface area contributed by atoms with E-state index in [0.29, 0.717) is 0 Å². The molecule has 5 aromatic carbocycles. The average Bonchev–Trinajstić information content (AvgIpc) is 3.60. The van der Waals surface area contributed by atoms with Crippen LogP contribution in [0.4, 0.5) is 0 Å². The molecule has 2 aromatic heterocycles. The van der Waals surface area contributed by atoms with Crippen LogP contribution in [0.25, 0.3) is 72.9 Å². The van der Waals surface area contributed by atoms with E-state index in [9.17, 15) is 0 Å². The Balaban J connectivity index is 1.30. The molecule has 44 heavy (non-hydrogen) atoms. The highest BCUT2D eigenvalue weighted by molar-refractivity contribution is 6.10. The minimum absolute atomic E-state index is 1.05. The topological polar surface area (TPSA) is 9.86 Å². The molecule has 7 aromatic rings. The van der Waals surface area contributed by atoms with Gasteiger partial charge >= 0.3 is 0 Å². The average molecular weight is 565 g/mol. The van der Waals surface area contributed by atoms with Crippen LogP contribution < -0.4 is 0 Å². The van der Waals surface area contributed by atoms with Crippen molar-refractivity contribution in [1.29, 1.82) is 0 Å². The first-order valence-corrected chi connectivity index (χ1v) is 15.2. The second kappa shape index (κ2) is 10.6. The molecule has 0 fully saturated rings. The molecule has 0 atom stereocenters. The summed E-state index contributed by atoms with van der Waals surface area (Å²) in [6.07, 6.45) is 12.9. The monoisotopic (exact) mass is 564 g/mol. The highest BCUT2D eigenvalue weighted by Crippen LogP contribution is 2.38. The maximum absolute atomic E-state index is 4.21. The van der Waals surface area contributed by atoms with Crippen LogP contribution in [0.3, 0.4) is 0 Å². The van der Waals surface area contributed by atoms with Crippen molar-refractivity contribution >= 4 is 50.4 Å². The van der Waals surface area contributed by atoms with Crippen LogP contribution >= 0.6 is 0 Å². The van der Waals surface area contributed by atoms with Gasteiger partial charge in [-0.05, 0) is 95.8 Å². The zero-order valence-corrected chi connectivity index (χ0v) is 24.6. The van der Waals surface area contributed by atoms with Gasteiger partial charge in [0.2, 0.25) is 0 Å². The van der Waals surface area contributed by atoms with Crippen LogP contribution in [0.1, 0.15) is 29.7 Å². The van der Waals surface area contributed by atoms with Crippen molar-refractivity contribution in [3.63, 3.8) is 0 Å². The highest BCUT2D eigenvalue weighted by atomic mass is 15.0. The van der Waals surface area contributed by atoms with Crippen LogP contribution in [0, 0.1) is 0 Å². The fraction of sp³-hybridized carbons (Fsp3) is 0.0476. The maximum Gasteiger partial charge on any atom is 0.0541 e. The molecule has 2 nitrogen and oxygen atoms in total. The molecule has 0 saturated carbocycles. The fourth-order valence-electron chi connectivity index (χ4n) is 6.87. The second-order valence-electron chi connectivity index (χ2n) is 11.4. The molecule has 2 heterocycles. The summed E-state index contributed by atoms with van der Waals surface area (Å²) in [5, 5.41) is 3.67. The molecule has 0 saturated heterocycles. The normalized spacial score (nSPS) is 13.0. The molecule has 0 bridgehead atoms. The van der Waals surface area contributed by atoms with Crippen molar-refractivity contribution in [3.8, 4) is 22.5 Å². The van der Waals surface area contributed by atoms with Crippen molar-refractivity contribution in [2.75, 3.05) is 0 Å². The summed E-state index contributed by atoms with van der Waals surface area (Å²) in [6.45, 7) is 8.43. The van der Waals surface area contributed by atoms with Gasteiger partial charge in [-0.15, -0.1) is 0 Å². The number of hydrogen-bond acceptors (Lipinski definition) is 0. The number of nitrogens with zero attached hydrogens (tertiary/aromatic N) is 2. The first kappa shape index (κ1) is 26.1. The molecular weight excluding hydrogens is 532 g/mol. The number of allylic oxidation sites excluding steroid dienone is 4. The first-order chi connectivity index (χ1) is 21.7. The van der Waals surface area contributed by atoms with Gasteiger partial charge in [0, 0.05) is 33.1 Å². The largest absolute Gasteiger partial charge is 0.309 e. The van der Waals surface area contributed by atoms with E-state index in [-0.39, 0.29) is 0 Å². The van der Waals surface area contributed by atoms with Gasteiger partial charge in [-0.1, -0.05) is 98.1 Å². The molecule has 1 aliphatic carbocycles. The van der Waals surface area contributed by atoms with Gasteiger partial charge in [-0.3, -0.25) is 0 Å². The summed E-state index contributed by atoms with van der Waals surface area (Å²) in [5.74, 6) is 0. The van der Waals surface area contributed by atoms with Gasteiger partial charge in [-0.25, -0.2) is 0 Å². The van der Waals surface area contributed by atoms with Gasteiger partial charge in [0.15, 0.2) is 0 Å². The third kappa shape index (κ3) is 4.11. The second-order valence-corrected chi connectivity index (χ2v) is 11.4. The number of benzene rings is 5. The smallest absolute Gasteiger partial charge is 0.0541 e. The Morgan fingerprint density at radius 3 is 1.98 bits per heavy atom. The van der Waals surface area contributed by atoms with E-state index in [1.54, 1.807) is 0 Å². The molecule has 8 rings (SSSR count). The molecule has 1 aliphatic rings. The van der Waals surface area contributed by atoms with Crippen molar-refractivity contribution in [3.05, 3.63) is 163 Å². The zero-order valence-electron chi connectivity index (χ0n) is 24.6. The van der Waals surface area contributed by atoms with E-state index >= 15 is 0 Å². The molecule has 0 radical (unpaired) electrons. The van der Waals surface area contributed by atoms with Crippen LogP contribution in [0.5, 0.6) is 0 Å². The molecule has 0 spiro atoms. The van der Waals surface area contributed by atoms with Crippen LogP contribution in [-0.2, 0) is 0 Å². The van der Waals surface area contributed by atoms with Gasteiger partial charge in [-0.2, -0.15) is 0 Å². The molecule has 0 unspecified atom stereocenters. The lowest BCUT2D eigenvalue weighted by Crippen LogP contribution is -1.98. The Bertz CT molecular complexity index is 2300. The van der Waals surface area contributed by atoms with Gasteiger partial charge in [0.1, 0.15) is 0 Å². The number of fused-ring (bicyclic) bond motifs is 4. The minimum Gasteiger partial charge on any atom is -0.309 e. The van der Waals surface area contributed by atoms with Gasteiger partial charge < -0.3 is 9.13 Å². The lowest BCUT2D eigenvalue weighted by atomic mass is 9.99. The number of aromatic nitrogens is 2. The van der Waals surface area contributed by atoms with Crippen molar-refractivity contribution in [2.45, 2.75) is 12.8 Å². The Hall–Kier alpha value is -5.60. The minimum atomic E-state index is 1.05. The number of hydrogen-bond donors (Lipinski definition) is 0. The highest BCUT2D eigenvalue weighted by Gasteiger charge is 2.18. The molecular formula is C42H32N2. The standard InChI is InChI=1S/C42H32N2/c1-3-35-37-27-31(22-24-41(37)44(39(35)4-2)34-19-13-16-30(26-34)29-14-7-5-8-15-29)32-23-25-42-38(28-32)36-20-11-12-21-40(36)43(42)33-17-9-6-10-18-33/h3-4,6-7,9-28H,1-2,5,8H2. The summed E-state index contributed by atoms with van der Waals surface area (Å²) in [4.78, 5) is 0. The maximum atomic E-state index is 4.21. The van der Waals surface area contributed by atoms with Crippen molar-refractivity contribution < 1.29 is 0 Å². The van der Waals surface area contributed by atoms with E-state index in [1.165, 1.54) is 55.1 Å². The molecule has 0 N–H and O–H groups in total. The molecule has 2 heteroatoms. The summed E-state index contributed by atoms with van der Waals surface area (Å²) in [6, 6.07) is 41.7. The molecule has 210 valence electrons. The van der Waals surface area contributed by atoms with E-state index < -0.39 is 0 Å². The number of para-hydroxylation sites is 2. The lowest BCUT2D eigenvalue weighted by Gasteiger charge is -2.13. The summed E-state index contributed by atoms with van der Waals surface area (Å²) >= 11 is 0. The summed E-state index contributed by atoms with van der Waals surface area (Å²) in [7, 11) is 0. The lowest BCUT2D eigenvalue weighted by molar-refractivity contribution is 1.04. The first-order valence-electron chi connectivity index (χ1n) is 15.2. The van der Waals surface area contributed by atoms with E-state index in [4.69, 9.17) is 0 Å². The van der Waals surface area contributed by atoms with Crippen LogP contribution in [-0.4, -0.2) is 9.13 Å². The molecule has 0 aliphatic heterocycles. The van der Waals surface area contributed by atoms with E-state index in [1.807, 2.05) is 12.2 Å². The Kier molecular flexibility index (Phi) is 6.27. The quantitative estimate of drug-likeness (QED) is 0.190.